The number of carbonyl (C=O) groups is 1. The fourth-order valence-corrected chi connectivity index (χ4v) is 2.51. The van der Waals surface area contributed by atoms with Crippen LogP contribution in [0.25, 0.3) is 0 Å². The minimum absolute atomic E-state index is 0.380. The molecule has 1 aliphatic heterocycles. The van der Waals surface area contributed by atoms with Crippen molar-refractivity contribution in [1.82, 2.24) is 0 Å². The minimum atomic E-state index is -1.27. The highest BCUT2D eigenvalue weighted by Gasteiger charge is 2.41. The van der Waals surface area contributed by atoms with Crippen LogP contribution >= 0.6 is 0 Å². The second kappa shape index (κ2) is 4.72. The molecule has 1 atom stereocenters. The maximum absolute atomic E-state index is 11.4. The molecule has 0 radical (unpaired) electrons. The van der Waals surface area contributed by atoms with Gasteiger partial charge >= 0.3 is 0 Å². The molecule has 4 heteroatoms. The van der Waals surface area contributed by atoms with Gasteiger partial charge in [0, 0.05) is 13.2 Å². The Kier molecular flexibility index (Phi) is 3.50. The van der Waals surface area contributed by atoms with Crippen molar-refractivity contribution in [2.45, 2.75) is 44.1 Å². The molecule has 0 aromatic carbocycles. The molecule has 0 spiro atoms. The summed E-state index contributed by atoms with van der Waals surface area (Å²) in [6, 6.07) is 0. The Morgan fingerprint density at radius 2 is 1.69 bits per heavy atom. The van der Waals surface area contributed by atoms with Crippen molar-refractivity contribution in [3.63, 3.8) is 0 Å². The average Bonchev–Trinajstić information content (AvgIpc) is 3.02. The maximum Gasteiger partial charge on any atom is 0.249 e. The normalized spacial score (nSPS) is 26.3. The number of primary amides is 1. The van der Waals surface area contributed by atoms with E-state index in [1.54, 1.807) is 0 Å². The molecular weight excluding hydrogens is 206 g/mol. The molecule has 2 fully saturated rings. The molecule has 1 heterocycles. The summed E-state index contributed by atoms with van der Waals surface area (Å²) in [5, 5.41) is 10.3. The topological polar surface area (TPSA) is 72.6 Å². The molecule has 4 nitrogen and oxygen atoms in total. The molecule has 92 valence electrons. The van der Waals surface area contributed by atoms with Gasteiger partial charge in [-0.05, 0) is 37.5 Å². The molecule has 3 N–H and O–H groups in total. The summed E-state index contributed by atoms with van der Waals surface area (Å²) in [7, 11) is 0. The molecule has 1 saturated carbocycles. The highest BCUT2D eigenvalue weighted by molar-refractivity contribution is 5.83. The van der Waals surface area contributed by atoms with Crippen LogP contribution < -0.4 is 5.73 Å². The summed E-state index contributed by atoms with van der Waals surface area (Å²) in [4.78, 5) is 11.4. The van der Waals surface area contributed by atoms with Gasteiger partial charge in [-0.15, -0.1) is 0 Å². The molecule has 1 amide bonds. The van der Waals surface area contributed by atoms with Gasteiger partial charge in [-0.1, -0.05) is 12.8 Å². The van der Waals surface area contributed by atoms with Crippen LogP contribution in [0.5, 0.6) is 0 Å². The highest BCUT2D eigenvalue weighted by atomic mass is 16.5. The zero-order valence-electron chi connectivity index (χ0n) is 9.65. The lowest BCUT2D eigenvalue weighted by molar-refractivity contribution is -0.140. The Morgan fingerprint density at radius 1 is 1.19 bits per heavy atom. The van der Waals surface area contributed by atoms with Gasteiger partial charge in [0.15, 0.2) is 0 Å². The molecule has 1 unspecified atom stereocenters. The largest absolute Gasteiger partial charge is 0.381 e. The number of carbonyl (C=O) groups excluding carboxylic acids is 1. The van der Waals surface area contributed by atoms with Crippen LogP contribution in [0, 0.1) is 11.8 Å². The standard InChI is InChI=1S/C12H21NO3/c13-11(14)12(15,7-9-1-2-9)8-10-3-5-16-6-4-10/h9-10,15H,1-8H2,(H2,13,14). The number of nitrogens with two attached hydrogens (primary N) is 1. The van der Waals surface area contributed by atoms with E-state index in [0.717, 1.165) is 38.9 Å². The van der Waals surface area contributed by atoms with E-state index in [4.69, 9.17) is 10.5 Å². The summed E-state index contributed by atoms with van der Waals surface area (Å²) >= 11 is 0. The van der Waals surface area contributed by atoms with Crippen molar-refractivity contribution >= 4 is 5.91 Å². The Balaban J connectivity index is 1.91. The van der Waals surface area contributed by atoms with E-state index >= 15 is 0 Å². The first-order valence-electron chi connectivity index (χ1n) is 6.20. The Hall–Kier alpha value is -0.610. The van der Waals surface area contributed by atoms with E-state index in [1.807, 2.05) is 0 Å². The lowest BCUT2D eigenvalue weighted by atomic mass is 9.82. The molecule has 2 aliphatic rings. The van der Waals surface area contributed by atoms with Gasteiger partial charge in [-0.25, -0.2) is 0 Å². The quantitative estimate of drug-likeness (QED) is 0.730. The molecule has 1 saturated heterocycles. The summed E-state index contributed by atoms with van der Waals surface area (Å²) < 4.78 is 5.27. The SMILES string of the molecule is NC(=O)C(O)(CC1CCOCC1)CC1CC1. The van der Waals surface area contributed by atoms with E-state index in [9.17, 15) is 9.90 Å². The fourth-order valence-electron chi connectivity index (χ4n) is 2.51. The van der Waals surface area contributed by atoms with Crippen molar-refractivity contribution in [2.24, 2.45) is 17.6 Å². The predicted molar refractivity (Wildman–Crippen MR) is 59.6 cm³/mol. The van der Waals surface area contributed by atoms with E-state index in [1.165, 1.54) is 0 Å². The van der Waals surface area contributed by atoms with Gasteiger partial charge in [0.25, 0.3) is 0 Å². The van der Waals surface area contributed by atoms with Crippen LogP contribution in [0.15, 0.2) is 0 Å². The number of amides is 1. The minimum Gasteiger partial charge on any atom is -0.381 e. The summed E-state index contributed by atoms with van der Waals surface area (Å²) in [6.45, 7) is 1.48. The third-order valence-corrected chi connectivity index (χ3v) is 3.75. The lowest BCUT2D eigenvalue weighted by Crippen LogP contribution is -2.46. The van der Waals surface area contributed by atoms with Gasteiger partial charge in [-0.2, -0.15) is 0 Å². The first kappa shape index (κ1) is 11.9. The van der Waals surface area contributed by atoms with Gasteiger partial charge in [0.2, 0.25) is 5.91 Å². The van der Waals surface area contributed by atoms with Crippen LogP contribution in [0.1, 0.15) is 38.5 Å². The summed E-state index contributed by atoms with van der Waals surface area (Å²) in [6.07, 6.45) is 5.19. The number of rotatable bonds is 5. The number of ether oxygens (including phenoxy) is 1. The first-order chi connectivity index (χ1) is 7.60. The number of hydrogen-bond donors (Lipinski definition) is 2. The maximum atomic E-state index is 11.4. The molecule has 0 aromatic rings. The molecule has 16 heavy (non-hydrogen) atoms. The Labute approximate surface area is 96.2 Å². The van der Waals surface area contributed by atoms with Crippen molar-refractivity contribution in [1.29, 1.82) is 0 Å². The van der Waals surface area contributed by atoms with Crippen LogP contribution in [-0.2, 0) is 9.53 Å². The number of aliphatic hydroxyl groups is 1. The molecule has 1 aliphatic carbocycles. The van der Waals surface area contributed by atoms with E-state index in [-0.39, 0.29) is 0 Å². The first-order valence-corrected chi connectivity index (χ1v) is 6.20. The van der Waals surface area contributed by atoms with Crippen LogP contribution in [0.4, 0.5) is 0 Å². The smallest absolute Gasteiger partial charge is 0.249 e. The molecule has 0 bridgehead atoms. The highest BCUT2D eigenvalue weighted by Crippen LogP contribution is 2.39. The second-order valence-electron chi connectivity index (χ2n) is 5.30. The zero-order valence-corrected chi connectivity index (χ0v) is 9.65. The van der Waals surface area contributed by atoms with Gasteiger partial charge in [0.1, 0.15) is 5.60 Å². The zero-order chi connectivity index (χ0) is 11.6. The van der Waals surface area contributed by atoms with Gasteiger partial charge < -0.3 is 15.6 Å². The predicted octanol–water partition coefficient (Wildman–Crippen LogP) is 0.820. The van der Waals surface area contributed by atoms with Crippen molar-refractivity contribution in [3.05, 3.63) is 0 Å². The van der Waals surface area contributed by atoms with E-state index < -0.39 is 11.5 Å². The molecule has 2 rings (SSSR count). The molecular formula is C12H21NO3. The van der Waals surface area contributed by atoms with Gasteiger partial charge in [0.05, 0.1) is 0 Å². The third kappa shape index (κ3) is 2.95. The van der Waals surface area contributed by atoms with Crippen LogP contribution in [0.2, 0.25) is 0 Å². The van der Waals surface area contributed by atoms with Crippen molar-refractivity contribution in [2.75, 3.05) is 13.2 Å². The summed E-state index contributed by atoms with van der Waals surface area (Å²) in [5.74, 6) is 0.341. The van der Waals surface area contributed by atoms with Crippen LogP contribution in [-0.4, -0.2) is 29.8 Å². The second-order valence-corrected chi connectivity index (χ2v) is 5.30. The third-order valence-electron chi connectivity index (χ3n) is 3.75. The lowest BCUT2D eigenvalue weighted by Gasteiger charge is -2.31. The van der Waals surface area contributed by atoms with Gasteiger partial charge in [-0.3, -0.25) is 4.79 Å². The molecule has 0 aromatic heterocycles. The Morgan fingerprint density at radius 3 is 2.12 bits per heavy atom. The van der Waals surface area contributed by atoms with Crippen molar-refractivity contribution < 1.29 is 14.6 Å². The van der Waals surface area contributed by atoms with Crippen molar-refractivity contribution in [3.8, 4) is 0 Å². The summed E-state index contributed by atoms with van der Waals surface area (Å²) in [5.41, 5.74) is 4.07. The Bertz CT molecular complexity index is 259. The monoisotopic (exact) mass is 227 g/mol. The van der Waals surface area contributed by atoms with E-state index in [0.29, 0.717) is 24.7 Å². The van der Waals surface area contributed by atoms with Crippen LogP contribution in [0.3, 0.4) is 0 Å². The number of hydrogen-bond acceptors (Lipinski definition) is 3. The average molecular weight is 227 g/mol. The van der Waals surface area contributed by atoms with E-state index in [2.05, 4.69) is 0 Å². The fraction of sp³-hybridized carbons (Fsp3) is 0.917.